The van der Waals surface area contributed by atoms with Crippen molar-refractivity contribution in [2.45, 2.75) is 25.9 Å². The Hall–Kier alpha value is -1.39. The largest absolute Gasteiger partial charge is 0.441 e. The number of fused-ring (bicyclic) bond motifs is 1. The molecule has 1 fully saturated rings. The zero-order valence-corrected chi connectivity index (χ0v) is 10.9. The first kappa shape index (κ1) is 11.7. The van der Waals surface area contributed by atoms with E-state index in [9.17, 15) is 0 Å². The summed E-state index contributed by atoms with van der Waals surface area (Å²) >= 11 is 0. The van der Waals surface area contributed by atoms with E-state index in [-0.39, 0.29) is 0 Å². The molecular weight excluding hydrogens is 226 g/mol. The first-order valence-electron chi connectivity index (χ1n) is 6.49. The van der Waals surface area contributed by atoms with Gasteiger partial charge in [0.15, 0.2) is 11.5 Å². The van der Waals surface area contributed by atoms with Gasteiger partial charge in [0, 0.05) is 26.1 Å². The lowest BCUT2D eigenvalue weighted by Gasteiger charge is -2.23. The fourth-order valence-electron chi connectivity index (χ4n) is 2.62. The zero-order chi connectivity index (χ0) is 12.5. The third-order valence-electron chi connectivity index (χ3n) is 3.65. The zero-order valence-electron chi connectivity index (χ0n) is 10.9. The van der Waals surface area contributed by atoms with Crippen LogP contribution in [0.25, 0.3) is 11.1 Å². The quantitative estimate of drug-likeness (QED) is 0.897. The van der Waals surface area contributed by atoms with Gasteiger partial charge in [-0.1, -0.05) is 6.07 Å². The molecule has 0 spiro atoms. The van der Waals surface area contributed by atoms with E-state index in [4.69, 9.17) is 4.42 Å². The Morgan fingerprint density at radius 3 is 3.17 bits per heavy atom. The van der Waals surface area contributed by atoms with E-state index in [0.29, 0.717) is 6.04 Å². The second-order valence-corrected chi connectivity index (χ2v) is 5.10. The van der Waals surface area contributed by atoms with Gasteiger partial charge in [0.2, 0.25) is 0 Å². The van der Waals surface area contributed by atoms with E-state index in [1.54, 1.807) is 0 Å². The molecule has 4 heteroatoms. The topological polar surface area (TPSA) is 41.3 Å². The maximum absolute atomic E-state index is 5.49. The molecule has 0 bridgehead atoms. The van der Waals surface area contributed by atoms with Crippen molar-refractivity contribution in [3.63, 3.8) is 0 Å². The van der Waals surface area contributed by atoms with Crippen LogP contribution in [0.5, 0.6) is 0 Å². The van der Waals surface area contributed by atoms with Crippen LogP contribution in [0.15, 0.2) is 22.6 Å². The third-order valence-corrected chi connectivity index (χ3v) is 3.65. The van der Waals surface area contributed by atoms with Gasteiger partial charge in [-0.05, 0) is 37.7 Å². The number of rotatable bonds is 3. The molecule has 96 valence electrons. The van der Waals surface area contributed by atoms with Gasteiger partial charge in [-0.2, -0.15) is 0 Å². The second-order valence-electron chi connectivity index (χ2n) is 5.10. The van der Waals surface area contributed by atoms with Crippen molar-refractivity contribution in [2.75, 3.05) is 20.1 Å². The summed E-state index contributed by atoms with van der Waals surface area (Å²) in [6.45, 7) is 5.09. The van der Waals surface area contributed by atoms with Crippen molar-refractivity contribution in [2.24, 2.45) is 0 Å². The summed E-state index contributed by atoms with van der Waals surface area (Å²) in [6, 6.07) is 6.93. The van der Waals surface area contributed by atoms with Crippen LogP contribution in [0.1, 0.15) is 17.9 Å². The number of hydrogen-bond donors (Lipinski definition) is 1. The van der Waals surface area contributed by atoms with E-state index < -0.39 is 0 Å². The summed E-state index contributed by atoms with van der Waals surface area (Å²) in [6.07, 6.45) is 1.24. The maximum atomic E-state index is 5.49. The number of hydrogen-bond acceptors (Lipinski definition) is 4. The molecule has 1 atom stereocenters. The molecule has 3 rings (SSSR count). The molecule has 1 saturated heterocycles. The molecule has 4 nitrogen and oxygen atoms in total. The van der Waals surface area contributed by atoms with E-state index in [1.807, 2.05) is 13.0 Å². The number of likely N-dealkylation sites (N-methyl/N-ethyl adjacent to an activating group) is 1. The molecule has 0 aliphatic carbocycles. The van der Waals surface area contributed by atoms with Gasteiger partial charge in [0.25, 0.3) is 0 Å². The molecular formula is C14H19N3O. The summed E-state index contributed by atoms with van der Waals surface area (Å²) in [4.78, 5) is 6.79. The Morgan fingerprint density at radius 1 is 1.50 bits per heavy atom. The fourth-order valence-corrected chi connectivity index (χ4v) is 2.62. The molecule has 1 unspecified atom stereocenters. The Bertz CT molecular complexity index is 543. The molecule has 1 aliphatic rings. The highest BCUT2D eigenvalue weighted by Gasteiger charge is 2.19. The first-order valence-corrected chi connectivity index (χ1v) is 6.49. The van der Waals surface area contributed by atoms with Crippen molar-refractivity contribution < 1.29 is 4.42 Å². The van der Waals surface area contributed by atoms with Crippen molar-refractivity contribution in [3.8, 4) is 0 Å². The van der Waals surface area contributed by atoms with Gasteiger partial charge >= 0.3 is 0 Å². The number of nitrogens with one attached hydrogen (secondary N) is 1. The smallest absolute Gasteiger partial charge is 0.192 e. The normalized spacial score (nSPS) is 20.1. The molecule has 2 aromatic rings. The Morgan fingerprint density at radius 2 is 2.39 bits per heavy atom. The van der Waals surface area contributed by atoms with Gasteiger partial charge in [-0.3, -0.25) is 4.90 Å². The molecule has 18 heavy (non-hydrogen) atoms. The second kappa shape index (κ2) is 4.71. The highest BCUT2D eigenvalue weighted by atomic mass is 16.3. The van der Waals surface area contributed by atoms with Crippen molar-refractivity contribution in [1.29, 1.82) is 0 Å². The first-order chi connectivity index (χ1) is 8.72. The number of benzene rings is 1. The van der Waals surface area contributed by atoms with E-state index in [0.717, 1.165) is 36.6 Å². The lowest BCUT2D eigenvalue weighted by Crippen LogP contribution is -2.32. The summed E-state index contributed by atoms with van der Waals surface area (Å²) < 4.78 is 5.49. The monoisotopic (exact) mass is 245 g/mol. The lowest BCUT2D eigenvalue weighted by molar-refractivity contribution is 0.249. The molecule has 1 aromatic carbocycles. The Kier molecular flexibility index (Phi) is 3.06. The Balaban J connectivity index is 1.77. The number of aromatic nitrogens is 1. The highest BCUT2D eigenvalue weighted by molar-refractivity contribution is 5.73. The van der Waals surface area contributed by atoms with Crippen molar-refractivity contribution in [1.82, 2.24) is 15.2 Å². The van der Waals surface area contributed by atoms with Gasteiger partial charge in [-0.25, -0.2) is 4.98 Å². The highest BCUT2D eigenvalue weighted by Crippen LogP contribution is 2.18. The maximum Gasteiger partial charge on any atom is 0.192 e. The molecule has 1 aromatic heterocycles. The predicted molar refractivity (Wildman–Crippen MR) is 71.5 cm³/mol. The minimum Gasteiger partial charge on any atom is -0.441 e. The van der Waals surface area contributed by atoms with Crippen LogP contribution in [0.3, 0.4) is 0 Å². The van der Waals surface area contributed by atoms with Crippen LogP contribution in [0.4, 0.5) is 0 Å². The fraction of sp³-hybridized carbons (Fsp3) is 0.500. The van der Waals surface area contributed by atoms with Crippen LogP contribution in [0.2, 0.25) is 0 Å². The minimum atomic E-state index is 0.653. The van der Waals surface area contributed by atoms with Gasteiger partial charge < -0.3 is 9.73 Å². The van der Waals surface area contributed by atoms with Crippen LogP contribution in [-0.4, -0.2) is 36.1 Å². The van der Waals surface area contributed by atoms with Gasteiger partial charge in [0.05, 0.1) is 0 Å². The predicted octanol–water partition coefficient (Wildman–Crippen LogP) is 1.93. The van der Waals surface area contributed by atoms with Crippen LogP contribution in [-0.2, 0) is 6.54 Å². The molecule has 1 aliphatic heterocycles. The summed E-state index contributed by atoms with van der Waals surface area (Å²) in [5.41, 5.74) is 3.13. The van der Waals surface area contributed by atoms with Gasteiger partial charge in [-0.15, -0.1) is 0 Å². The Labute approximate surface area is 107 Å². The third kappa shape index (κ3) is 2.26. The lowest BCUT2D eigenvalue weighted by atomic mass is 10.1. The van der Waals surface area contributed by atoms with Crippen molar-refractivity contribution >= 4 is 11.1 Å². The van der Waals surface area contributed by atoms with Crippen LogP contribution in [0, 0.1) is 6.92 Å². The minimum absolute atomic E-state index is 0.653. The molecule has 0 amide bonds. The SMILES string of the molecule is Cc1nc2cc(CN(C)C3CCNC3)ccc2o1. The molecule has 2 heterocycles. The van der Waals surface area contributed by atoms with Crippen LogP contribution < -0.4 is 5.32 Å². The number of aryl methyl sites for hydroxylation is 1. The summed E-state index contributed by atoms with van der Waals surface area (Å²) in [7, 11) is 2.19. The molecule has 1 N–H and O–H groups in total. The molecule has 0 radical (unpaired) electrons. The van der Waals surface area contributed by atoms with Crippen LogP contribution >= 0.6 is 0 Å². The van der Waals surface area contributed by atoms with E-state index in [1.165, 1.54) is 12.0 Å². The molecule has 0 saturated carbocycles. The average molecular weight is 245 g/mol. The number of nitrogens with zero attached hydrogens (tertiary/aromatic N) is 2. The van der Waals surface area contributed by atoms with E-state index >= 15 is 0 Å². The summed E-state index contributed by atoms with van der Waals surface area (Å²) in [5.74, 6) is 0.732. The average Bonchev–Trinajstić information content (AvgIpc) is 2.95. The van der Waals surface area contributed by atoms with E-state index in [2.05, 4.69) is 34.4 Å². The van der Waals surface area contributed by atoms with Crippen molar-refractivity contribution in [3.05, 3.63) is 29.7 Å². The standard InChI is InChI=1S/C14H19N3O/c1-10-16-13-7-11(3-4-14(13)18-10)9-17(2)12-5-6-15-8-12/h3-4,7,12,15H,5-6,8-9H2,1-2H3. The summed E-state index contributed by atoms with van der Waals surface area (Å²) in [5, 5.41) is 3.40. The number of oxazole rings is 1. The van der Waals surface area contributed by atoms with Gasteiger partial charge in [0.1, 0.15) is 5.52 Å².